The fourth-order valence-corrected chi connectivity index (χ4v) is 3.65. The van der Waals surface area contributed by atoms with E-state index in [1.54, 1.807) is 30.5 Å². The van der Waals surface area contributed by atoms with E-state index in [0.29, 0.717) is 11.5 Å². The largest absolute Gasteiger partial charge is 0.342 e. The van der Waals surface area contributed by atoms with Crippen LogP contribution in [0.4, 0.5) is 10.5 Å². The van der Waals surface area contributed by atoms with Crippen molar-refractivity contribution in [3.63, 3.8) is 0 Å². The number of amides is 4. The first-order valence-corrected chi connectivity index (χ1v) is 10.1. The van der Waals surface area contributed by atoms with Gasteiger partial charge in [0.25, 0.3) is 5.91 Å². The van der Waals surface area contributed by atoms with Crippen LogP contribution in [0.2, 0.25) is 0 Å². The molecule has 8 heteroatoms. The van der Waals surface area contributed by atoms with Gasteiger partial charge >= 0.3 is 6.03 Å². The van der Waals surface area contributed by atoms with E-state index in [9.17, 15) is 14.4 Å². The smallest absolute Gasteiger partial charge is 0.329 e. The predicted octanol–water partition coefficient (Wildman–Crippen LogP) is 2.53. The second-order valence-electron chi connectivity index (χ2n) is 7.36. The summed E-state index contributed by atoms with van der Waals surface area (Å²) in [4.78, 5) is 43.2. The minimum absolute atomic E-state index is 0.0903. The maximum absolute atomic E-state index is 12.7. The lowest BCUT2D eigenvalue weighted by Gasteiger charge is -2.19. The number of aryl methyl sites for hydroxylation is 1. The third-order valence-electron chi connectivity index (χ3n) is 5.25. The van der Waals surface area contributed by atoms with Gasteiger partial charge in [-0.05, 0) is 24.1 Å². The van der Waals surface area contributed by atoms with Crippen molar-refractivity contribution in [1.29, 1.82) is 0 Å². The Bertz CT molecular complexity index is 1080. The molecular weight excluding hydrogens is 394 g/mol. The highest BCUT2D eigenvalue weighted by Crippen LogP contribution is 2.22. The van der Waals surface area contributed by atoms with E-state index in [-0.39, 0.29) is 24.7 Å². The van der Waals surface area contributed by atoms with E-state index >= 15 is 0 Å². The Kier molecular flexibility index (Phi) is 5.79. The summed E-state index contributed by atoms with van der Waals surface area (Å²) in [5, 5.41) is 5.68. The first-order valence-electron chi connectivity index (χ1n) is 10.1. The van der Waals surface area contributed by atoms with Crippen LogP contribution >= 0.6 is 0 Å². The van der Waals surface area contributed by atoms with Gasteiger partial charge < -0.3 is 15.2 Å². The molecule has 2 aromatic carbocycles. The summed E-state index contributed by atoms with van der Waals surface area (Å²) in [6.07, 6.45) is 3.81. The van der Waals surface area contributed by atoms with Gasteiger partial charge in [-0.1, -0.05) is 48.5 Å². The number of para-hydroxylation sites is 1. The van der Waals surface area contributed by atoms with Crippen LogP contribution in [0.5, 0.6) is 0 Å². The number of imidazole rings is 1. The minimum Gasteiger partial charge on any atom is -0.342 e. The molecule has 0 aliphatic carbocycles. The maximum Gasteiger partial charge on any atom is 0.329 e. The SMILES string of the molecule is Cn1ccnc1[C@H](NC(=O)CC[C@H]1NC(=O)N(c2ccccc2)C1=O)c1ccccc1. The van der Waals surface area contributed by atoms with Crippen LogP contribution in [-0.2, 0) is 16.6 Å². The Balaban J connectivity index is 1.42. The highest BCUT2D eigenvalue weighted by Gasteiger charge is 2.39. The second kappa shape index (κ2) is 8.83. The van der Waals surface area contributed by atoms with Crippen molar-refractivity contribution in [3.8, 4) is 0 Å². The number of nitrogens with zero attached hydrogens (tertiary/aromatic N) is 3. The van der Waals surface area contributed by atoms with Gasteiger partial charge in [-0.15, -0.1) is 0 Å². The number of benzene rings is 2. The molecule has 0 radical (unpaired) electrons. The Morgan fingerprint density at radius 1 is 1.10 bits per heavy atom. The highest BCUT2D eigenvalue weighted by atomic mass is 16.2. The van der Waals surface area contributed by atoms with Gasteiger partial charge in [0.15, 0.2) is 0 Å². The van der Waals surface area contributed by atoms with Crippen LogP contribution < -0.4 is 15.5 Å². The van der Waals surface area contributed by atoms with Crippen molar-refractivity contribution in [2.75, 3.05) is 4.90 Å². The Morgan fingerprint density at radius 3 is 2.42 bits per heavy atom. The van der Waals surface area contributed by atoms with Crippen molar-refractivity contribution in [1.82, 2.24) is 20.2 Å². The molecule has 1 aliphatic heterocycles. The lowest BCUT2D eigenvalue weighted by atomic mass is 10.1. The first-order chi connectivity index (χ1) is 15.0. The lowest BCUT2D eigenvalue weighted by molar-refractivity contribution is -0.122. The fourth-order valence-electron chi connectivity index (χ4n) is 3.65. The molecule has 0 spiro atoms. The number of urea groups is 1. The van der Waals surface area contributed by atoms with E-state index in [1.165, 1.54) is 0 Å². The zero-order valence-electron chi connectivity index (χ0n) is 17.1. The van der Waals surface area contributed by atoms with Crippen LogP contribution in [0.15, 0.2) is 73.1 Å². The van der Waals surface area contributed by atoms with E-state index in [2.05, 4.69) is 15.6 Å². The monoisotopic (exact) mass is 417 g/mol. The zero-order chi connectivity index (χ0) is 21.8. The van der Waals surface area contributed by atoms with E-state index < -0.39 is 18.1 Å². The van der Waals surface area contributed by atoms with Gasteiger partial charge in [-0.3, -0.25) is 9.59 Å². The summed E-state index contributed by atoms with van der Waals surface area (Å²) in [6.45, 7) is 0. The molecule has 4 amide bonds. The van der Waals surface area contributed by atoms with Crippen LogP contribution in [0.25, 0.3) is 0 Å². The van der Waals surface area contributed by atoms with E-state index in [0.717, 1.165) is 10.5 Å². The Labute approximate surface area is 179 Å². The van der Waals surface area contributed by atoms with Crippen LogP contribution in [0.3, 0.4) is 0 Å². The molecule has 31 heavy (non-hydrogen) atoms. The highest BCUT2D eigenvalue weighted by molar-refractivity contribution is 6.21. The summed E-state index contributed by atoms with van der Waals surface area (Å²) in [6, 6.07) is 16.7. The molecule has 0 bridgehead atoms. The molecule has 1 fully saturated rings. The van der Waals surface area contributed by atoms with Crippen LogP contribution in [-0.4, -0.2) is 33.4 Å². The van der Waals surface area contributed by atoms with Gasteiger partial charge in [0.05, 0.1) is 5.69 Å². The number of hydrogen-bond donors (Lipinski definition) is 2. The molecule has 1 aromatic heterocycles. The standard InChI is InChI=1S/C23H23N5O3/c1-27-15-14-24-21(27)20(16-8-4-2-5-9-16)26-19(29)13-12-18-22(30)28(23(31)25-18)17-10-6-3-7-11-17/h2-11,14-15,18,20H,12-13H2,1H3,(H,25,31)(H,26,29)/t18-,20-/m1/s1. The molecular formula is C23H23N5O3. The van der Waals surface area contributed by atoms with Gasteiger partial charge in [-0.2, -0.15) is 0 Å². The van der Waals surface area contributed by atoms with Gasteiger partial charge in [0, 0.05) is 25.9 Å². The Hall–Kier alpha value is -3.94. The van der Waals surface area contributed by atoms with Crippen LogP contribution in [0.1, 0.15) is 30.3 Å². The molecule has 2 atom stereocenters. The molecule has 0 unspecified atom stereocenters. The third kappa shape index (κ3) is 4.32. The molecule has 158 valence electrons. The zero-order valence-corrected chi connectivity index (χ0v) is 17.1. The average Bonchev–Trinajstić information content (AvgIpc) is 3.33. The number of rotatable bonds is 7. The van der Waals surface area contributed by atoms with Gasteiger partial charge in [-0.25, -0.2) is 14.7 Å². The molecule has 1 saturated heterocycles. The molecule has 2 heterocycles. The number of carbonyl (C=O) groups is 3. The lowest BCUT2D eigenvalue weighted by Crippen LogP contribution is -2.34. The summed E-state index contributed by atoms with van der Waals surface area (Å²) in [5.74, 6) is 0.129. The second-order valence-corrected chi connectivity index (χ2v) is 7.36. The fraction of sp³-hybridized carbons (Fsp3) is 0.217. The van der Waals surface area contributed by atoms with Gasteiger partial charge in [0.1, 0.15) is 17.9 Å². The average molecular weight is 417 g/mol. The molecule has 3 aromatic rings. The quantitative estimate of drug-likeness (QED) is 0.578. The molecule has 2 N–H and O–H groups in total. The van der Waals surface area contributed by atoms with Crippen molar-refractivity contribution >= 4 is 23.5 Å². The van der Waals surface area contributed by atoms with Crippen molar-refractivity contribution < 1.29 is 14.4 Å². The first kappa shape index (κ1) is 20.3. The topological polar surface area (TPSA) is 96.3 Å². The number of carbonyl (C=O) groups excluding carboxylic acids is 3. The number of nitrogens with one attached hydrogen (secondary N) is 2. The van der Waals surface area contributed by atoms with Crippen molar-refractivity contribution in [2.24, 2.45) is 7.05 Å². The molecule has 1 aliphatic rings. The summed E-state index contributed by atoms with van der Waals surface area (Å²) < 4.78 is 1.86. The van der Waals surface area contributed by atoms with Crippen LogP contribution in [0, 0.1) is 0 Å². The normalized spacial score (nSPS) is 16.8. The number of imide groups is 1. The predicted molar refractivity (Wildman–Crippen MR) is 115 cm³/mol. The van der Waals surface area contributed by atoms with Crippen molar-refractivity contribution in [2.45, 2.75) is 24.9 Å². The third-order valence-corrected chi connectivity index (χ3v) is 5.25. The molecule has 8 nitrogen and oxygen atoms in total. The Morgan fingerprint density at radius 2 is 1.77 bits per heavy atom. The summed E-state index contributed by atoms with van der Waals surface area (Å²) >= 11 is 0. The summed E-state index contributed by atoms with van der Waals surface area (Å²) in [7, 11) is 1.87. The number of aromatic nitrogens is 2. The van der Waals surface area contributed by atoms with E-state index in [4.69, 9.17) is 0 Å². The summed E-state index contributed by atoms with van der Waals surface area (Å²) in [5.41, 5.74) is 1.42. The minimum atomic E-state index is -0.734. The van der Waals surface area contributed by atoms with E-state index in [1.807, 2.05) is 54.2 Å². The molecule has 4 rings (SSSR count). The molecule has 0 saturated carbocycles. The number of hydrogen-bond acceptors (Lipinski definition) is 4. The number of anilines is 1. The van der Waals surface area contributed by atoms with Crippen molar-refractivity contribution in [3.05, 3.63) is 84.4 Å². The maximum atomic E-state index is 12.7. The van der Waals surface area contributed by atoms with Gasteiger partial charge in [0.2, 0.25) is 5.91 Å².